The molecular weight excluding hydrogens is 252 g/mol. The lowest BCUT2D eigenvalue weighted by molar-refractivity contribution is 0.112. The summed E-state index contributed by atoms with van der Waals surface area (Å²) in [5, 5.41) is 0. The zero-order valence-corrected chi connectivity index (χ0v) is 10.2. The fourth-order valence-electron chi connectivity index (χ4n) is 1.72. The second-order valence-corrected chi connectivity index (χ2v) is 3.78. The molecule has 0 spiro atoms. The Balaban J connectivity index is 2.48. The molecule has 2 rings (SSSR count). The van der Waals surface area contributed by atoms with Crippen molar-refractivity contribution in [1.82, 2.24) is 4.98 Å². The average Bonchev–Trinajstić information content (AvgIpc) is 2.40. The molecule has 1 heterocycles. The van der Waals surface area contributed by atoms with Crippen molar-refractivity contribution in [2.45, 2.75) is 6.92 Å². The van der Waals surface area contributed by atoms with Crippen molar-refractivity contribution in [3.63, 3.8) is 0 Å². The van der Waals surface area contributed by atoms with E-state index in [0.717, 1.165) is 6.07 Å². The van der Waals surface area contributed by atoms with Crippen LogP contribution in [0.5, 0.6) is 5.75 Å². The van der Waals surface area contributed by atoms with Crippen molar-refractivity contribution in [2.24, 2.45) is 0 Å². The number of rotatable bonds is 4. The molecule has 19 heavy (non-hydrogen) atoms. The maximum Gasteiger partial charge on any atom is 0.223 e. The van der Waals surface area contributed by atoms with Crippen LogP contribution in [0.2, 0.25) is 0 Å². The Kier molecular flexibility index (Phi) is 3.85. The number of hydrogen-bond acceptors (Lipinski definition) is 3. The first kappa shape index (κ1) is 13.1. The largest absolute Gasteiger partial charge is 0.493 e. The second kappa shape index (κ2) is 5.56. The van der Waals surface area contributed by atoms with Crippen LogP contribution in [0.4, 0.5) is 8.78 Å². The Morgan fingerprint density at radius 2 is 2.05 bits per heavy atom. The number of ether oxygens (including phenoxy) is 1. The lowest BCUT2D eigenvalue weighted by Crippen LogP contribution is -1.97. The highest BCUT2D eigenvalue weighted by atomic mass is 19.1. The van der Waals surface area contributed by atoms with E-state index in [2.05, 4.69) is 4.98 Å². The molecule has 0 aliphatic heterocycles. The highest BCUT2D eigenvalue weighted by Gasteiger charge is 2.11. The molecule has 1 aromatic carbocycles. The van der Waals surface area contributed by atoms with Crippen LogP contribution < -0.4 is 4.74 Å². The minimum Gasteiger partial charge on any atom is -0.493 e. The van der Waals surface area contributed by atoms with Crippen molar-refractivity contribution in [1.29, 1.82) is 0 Å². The maximum atomic E-state index is 13.5. The zero-order chi connectivity index (χ0) is 13.8. The molecule has 2 aromatic rings. The number of carbonyl (C=O) groups is 1. The van der Waals surface area contributed by atoms with Crippen molar-refractivity contribution >= 4 is 6.29 Å². The standard InChI is InChI=1S/C14H11F2NO2/c1-2-19-12-5-3-9(7-10(12)8-18)11-4-6-13(15)17-14(11)16/h3-8H,2H2,1H3. The summed E-state index contributed by atoms with van der Waals surface area (Å²) < 4.78 is 31.6. The third kappa shape index (κ3) is 2.76. The van der Waals surface area contributed by atoms with Crippen molar-refractivity contribution in [3.05, 3.63) is 47.8 Å². The van der Waals surface area contributed by atoms with Gasteiger partial charge in [0.1, 0.15) is 5.75 Å². The molecule has 0 fully saturated rings. The number of aromatic nitrogens is 1. The Morgan fingerprint density at radius 1 is 1.26 bits per heavy atom. The van der Waals surface area contributed by atoms with Gasteiger partial charge >= 0.3 is 0 Å². The molecule has 0 N–H and O–H groups in total. The van der Waals surface area contributed by atoms with Gasteiger partial charge in [0.25, 0.3) is 0 Å². The third-order valence-corrected chi connectivity index (χ3v) is 2.56. The minimum absolute atomic E-state index is 0.132. The average molecular weight is 263 g/mol. The molecule has 3 nitrogen and oxygen atoms in total. The van der Waals surface area contributed by atoms with Gasteiger partial charge in [-0.3, -0.25) is 4.79 Å². The van der Waals surface area contributed by atoms with E-state index in [1.807, 2.05) is 0 Å². The maximum absolute atomic E-state index is 13.5. The summed E-state index contributed by atoms with van der Waals surface area (Å²) in [6, 6.07) is 6.99. The normalized spacial score (nSPS) is 10.3. The summed E-state index contributed by atoms with van der Waals surface area (Å²) in [4.78, 5) is 14.1. The Labute approximate surface area is 108 Å². The van der Waals surface area contributed by atoms with Crippen molar-refractivity contribution < 1.29 is 18.3 Å². The summed E-state index contributed by atoms with van der Waals surface area (Å²) in [6.07, 6.45) is 0.628. The van der Waals surface area contributed by atoms with Crippen LogP contribution in [-0.4, -0.2) is 17.9 Å². The number of halogens is 2. The van der Waals surface area contributed by atoms with Gasteiger partial charge in [-0.2, -0.15) is 13.8 Å². The van der Waals surface area contributed by atoms with Gasteiger partial charge in [-0.25, -0.2) is 0 Å². The number of hydrogen-bond donors (Lipinski definition) is 0. The highest BCUT2D eigenvalue weighted by molar-refractivity contribution is 5.83. The number of nitrogens with zero attached hydrogens (tertiary/aromatic N) is 1. The van der Waals surface area contributed by atoms with Crippen LogP contribution in [0.25, 0.3) is 11.1 Å². The quantitative estimate of drug-likeness (QED) is 0.628. The molecule has 5 heteroatoms. The molecule has 0 radical (unpaired) electrons. The van der Waals surface area contributed by atoms with Gasteiger partial charge < -0.3 is 4.74 Å². The Bertz CT molecular complexity index is 614. The first-order valence-electron chi connectivity index (χ1n) is 5.70. The summed E-state index contributed by atoms with van der Waals surface area (Å²) in [6.45, 7) is 2.22. The smallest absolute Gasteiger partial charge is 0.223 e. The van der Waals surface area contributed by atoms with Crippen LogP contribution in [-0.2, 0) is 0 Å². The predicted octanol–water partition coefficient (Wildman–Crippen LogP) is 3.24. The lowest BCUT2D eigenvalue weighted by atomic mass is 10.0. The first-order valence-corrected chi connectivity index (χ1v) is 5.70. The van der Waals surface area contributed by atoms with E-state index in [4.69, 9.17) is 4.74 Å². The fourth-order valence-corrected chi connectivity index (χ4v) is 1.72. The van der Waals surface area contributed by atoms with Gasteiger partial charge in [0.2, 0.25) is 11.9 Å². The Morgan fingerprint density at radius 3 is 2.68 bits per heavy atom. The first-order chi connectivity index (χ1) is 9.15. The number of pyridine rings is 1. The van der Waals surface area contributed by atoms with Gasteiger partial charge in [0.05, 0.1) is 12.2 Å². The van der Waals surface area contributed by atoms with E-state index < -0.39 is 11.9 Å². The molecule has 1 aromatic heterocycles. The van der Waals surface area contributed by atoms with Gasteiger partial charge in [0.15, 0.2) is 6.29 Å². The van der Waals surface area contributed by atoms with Crippen LogP contribution in [0.1, 0.15) is 17.3 Å². The van der Waals surface area contributed by atoms with Crippen molar-refractivity contribution in [3.8, 4) is 16.9 Å². The van der Waals surface area contributed by atoms with E-state index in [1.54, 1.807) is 19.1 Å². The van der Waals surface area contributed by atoms with Crippen LogP contribution in [0.15, 0.2) is 30.3 Å². The predicted molar refractivity (Wildman–Crippen MR) is 66.1 cm³/mol. The summed E-state index contributed by atoms with van der Waals surface area (Å²) in [5.41, 5.74) is 0.881. The van der Waals surface area contributed by atoms with Crippen LogP contribution >= 0.6 is 0 Å². The van der Waals surface area contributed by atoms with Gasteiger partial charge in [-0.1, -0.05) is 6.07 Å². The molecule has 0 amide bonds. The van der Waals surface area contributed by atoms with E-state index in [0.29, 0.717) is 29.8 Å². The van der Waals surface area contributed by atoms with Gasteiger partial charge in [-0.05, 0) is 36.8 Å². The van der Waals surface area contributed by atoms with E-state index in [-0.39, 0.29) is 5.56 Å². The number of benzene rings is 1. The van der Waals surface area contributed by atoms with E-state index >= 15 is 0 Å². The topological polar surface area (TPSA) is 39.2 Å². The summed E-state index contributed by atoms with van der Waals surface area (Å²) in [5.74, 6) is -1.37. The summed E-state index contributed by atoms with van der Waals surface area (Å²) >= 11 is 0. The Hall–Kier alpha value is -2.30. The molecule has 0 aliphatic rings. The van der Waals surface area contributed by atoms with Crippen LogP contribution in [0, 0.1) is 11.9 Å². The molecule has 0 unspecified atom stereocenters. The van der Waals surface area contributed by atoms with E-state index in [9.17, 15) is 13.6 Å². The molecule has 98 valence electrons. The zero-order valence-electron chi connectivity index (χ0n) is 10.2. The fraction of sp³-hybridized carbons (Fsp3) is 0.143. The van der Waals surface area contributed by atoms with Gasteiger partial charge in [-0.15, -0.1) is 0 Å². The number of carbonyl (C=O) groups excluding carboxylic acids is 1. The van der Waals surface area contributed by atoms with E-state index in [1.165, 1.54) is 12.1 Å². The molecular formula is C14H11F2NO2. The molecule has 0 saturated heterocycles. The summed E-state index contributed by atoms with van der Waals surface area (Å²) in [7, 11) is 0. The lowest BCUT2D eigenvalue weighted by Gasteiger charge is -2.08. The minimum atomic E-state index is -0.916. The molecule has 0 saturated carbocycles. The SMILES string of the molecule is CCOc1ccc(-c2ccc(F)nc2F)cc1C=O. The van der Waals surface area contributed by atoms with Crippen LogP contribution in [0.3, 0.4) is 0 Å². The van der Waals surface area contributed by atoms with Gasteiger partial charge in [0, 0.05) is 5.56 Å². The molecule has 0 bridgehead atoms. The number of aldehydes is 1. The molecule has 0 aliphatic carbocycles. The molecule has 0 atom stereocenters. The van der Waals surface area contributed by atoms with Crippen molar-refractivity contribution in [2.75, 3.05) is 6.61 Å². The highest BCUT2D eigenvalue weighted by Crippen LogP contribution is 2.27. The second-order valence-electron chi connectivity index (χ2n) is 3.78. The monoisotopic (exact) mass is 263 g/mol. The third-order valence-electron chi connectivity index (χ3n) is 2.56.